The van der Waals surface area contributed by atoms with Gasteiger partial charge in [0.2, 0.25) is 0 Å². The average molecular weight is 2180 g/mol. The molecule has 10 aromatic heterocycles. The van der Waals surface area contributed by atoms with Crippen LogP contribution in [0.4, 0.5) is 17.5 Å². The van der Waals surface area contributed by atoms with Gasteiger partial charge >= 0.3 is 14.6 Å². The molecule has 0 spiro atoms. The molecule has 10 aromatic rings. The minimum Gasteiger partial charge on any atom is -0.450 e. The maximum Gasteiger partial charge on any atom is 0.491 e. The molecule has 619 valence electrons. The fraction of sp³-hybridized carbons (Fsp3) is 0.393. The topological polar surface area (TPSA) is 271 Å². The van der Waals surface area contributed by atoms with Gasteiger partial charge in [0, 0.05) is 151 Å². The number of aldehydes is 1. The summed E-state index contributed by atoms with van der Waals surface area (Å²) in [5.74, 6) is 2.16. The largest absolute Gasteiger partial charge is 0.491 e. The maximum atomic E-state index is 13.1. The molecule has 5 aliphatic heterocycles. The van der Waals surface area contributed by atoms with Crippen LogP contribution >= 0.6 is 143 Å². The normalized spacial score (nSPS) is 17.2. The Morgan fingerprint density at radius 2 is 0.966 bits per heavy atom. The Balaban J connectivity index is 0.000000131. The molecule has 1 radical (unpaired) electrons. The summed E-state index contributed by atoms with van der Waals surface area (Å²) in [6.45, 7) is 23.7. The van der Waals surface area contributed by atoms with Crippen molar-refractivity contribution in [3.8, 4) is 0 Å². The second-order valence-corrected chi connectivity index (χ2v) is 39.1. The minimum atomic E-state index is -0.925. The van der Waals surface area contributed by atoms with Gasteiger partial charge in [0.1, 0.15) is 52.9 Å². The Morgan fingerprint density at radius 1 is 0.525 bits per heavy atom. The van der Waals surface area contributed by atoms with Gasteiger partial charge in [0.25, 0.3) is 17.7 Å². The van der Waals surface area contributed by atoms with Gasteiger partial charge in [-0.05, 0) is 266 Å². The molecule has 8 aliphatic rings. The first-order valence-electron chi connectivity index (χ1n) is 38.8. The molecule has 3 aliphatic carbocycles. The lowest BCUT2D eigenvalue weighted by molar-refractivity contribution is -0.169. The lowest BCUT2D eigenvalue weighted by Crippen LogP contribution is -2.42. The number of anilines is 3. The van der Waals surface area contributed by atoms with Crippen LogP contribution in [0.15, 0.2) is 151 Å². The molecule has 18 rings (SSSR count). The zero-order valence-corrected chi connectivity index (χ0v) is 80.7. The summed E-state index contributed by atoms with van der Waals surface area (Å²) in [6, 6.07) is 20.9. The summed E-state index contributed by atoms with van der Waals surface area (Å²) >= 11 is 29.8. The van der Waals surface area contributed by atoms with Crippen LogP contribution in [-0.2, 0) is 105 Å². The highest BCUT2D eigenvalue weighted by Gasteiger charge is 2.42. The van der Waals surface area contributed by atoms with Crippen molar-refractivity contribution in [3.63, 3.8) is 0 Å². The molecule has 3 amide bonds. The number of rotatable bonds is 11. The number of fused-ring (bicyclic) bond motifs is 10. The molecule has 1 fully saturated rings. The van der Waals surface area contributed by atoms with Crippen LogP contribution in [0, 0.1) is 16.2 Å². The highest BCUT2D eigenvalue weighted by molar-refractivity contribution is 9.12. The summed E-state index contributed by atoms with van der Waals surface area (Å²) < 4.78 is 30.8. The van der Waals surface area contributed by atoms with Gasteiger partial charge in [0.15, 0.2) is 12.6 Å². The quantitative estimate of drug-likeness (QED) is 0.0617. The lowest BCUT2D eigenvalue weighted by Gasteiger charge is -2.31. The van der Waals surface area contributed by atoms with Crippen LogP contribution in [0.25, 0.3) is 0 Å². The van der Waals surface area contributed by atoms with E-state index in [4.69, 9.17) is 19.2 Å². The molecule has 1 unspecified atom stereocenters. The molecular formula is C84H89B2Br9N13O10. The Morgan fingerprint density at radius 3 is 1.39 bits per heavy atom. The molecular weight excluding hydrogens is 2090 g/mol. The van der Waals surface area contributed by atoms with E-state index in [0.717, 1.165) is 186 Å². The number of ether oxygens (including phenoxy) is 2. The number of aromatic nitrogens is 10. The second-order valence-electron chi connectivity index (χ2n) is 31.7. The zero-order valence-electron chi connectivity index (χ0n) is 66.5. The summed E-state index contributed by atoms with van der Waals surface area (Å²) in [5, 5.41) is 28.2. The first-order chi connectivity index (χ1) is 56.4. The minimum absolute atomic E-state index is 0.00495. The van der Waals surface area contributed by atoms with Crippen LogP contribution in [0.1, 0.15) is 178 Å². The summed E-state index contributed by atoms with van der Waals surface area (Å²) in [4.78, 5) is 84.4. The third-order valence-corrected chi connectivity index (χ3v) is 27.4. The molecule has 3 N–H and O–H groups in total. The monoisotopic (exact) mass is 2170 g/mol. The Kier molecular flexibility index (Phi) is 31.2. The van der Waals surface area contributed by atoms with Crippen molar-refractivity contribution < 1.29 is 48.5 Å². The van der Waals surface area contributed by atoms with Crippen molar-refractivity contribution >= 4 is 210 Å². The molecule has 0 bridgehead atoms. The third-order valence-electron chi connectivity index (χ3n) is 21.5. The smallest absolute Gasteiger partial charge is 0.450 e. The van der Waals surface area contributed by atoms with Crippen LogP contribution < -0.4 is 25.6 Å². The second kappa shape index (κ2) is 40.2. The van der Waals surface area contributed by atoms with Crippen molar-refractivity contribution in [2.45, 2.75) is 172 Å². The molecule has 1 atom stereocenters. The summed E-state index contributed by atoms with van der Waals surface area (Å²) in [7, 11) is 0.170. The number of carbonyl (C=O) groups is 4. The molecule has 0 saturated carbocycles. The molecule has 1 saturated heterocycles. The van der Waals surface area contributed by atoms with Gasteiger partial charge in [-0.1, -0.05) is 119 Å². The van der Waals surface area contributed by atoms with Gasteiger partial charge in [-0.15, -0.1) is 0 Å². The SMILES string of the molecule is Brc1ccnc(Br)c1.Brc1ccnc(Br)c1COC1CCCCO1.CC1(C)Cc2cc3n(c2C1)CCN(c1nccc2c1COB2O)C3=O.CCc1c(Br)ccnc1N1CCn2c(cc3c2CC(C)(C)C3)C1=O.CCc1c([B]O)ccnc1N1CCn2c(cc3c2CC(C)(C)C3)C1=O.O=Cc1c(Br)ccnc1Br.OCc1c(Br)ccnc1Br. The van der Waals surface area contributed by atoms with E-state index in [9.17, 15) is 29.2 Å². The summed E-state index contributed by atoms with van der Waals surface area (Å²) in [5.41, 5.74) is 17.8. The van der Waals surface area contributed by atoms with Crippen molar-refractivity contribution in [2.75, 3.05) is 40.9 Å². The number of aliphatic hydroxyl groups excluding tert-OH is 1. The van der Waals surface area contributed by atoms with Crippen molar-refractivity contribution in [3.05, 3.63) is 235 Å². The number of hydrogen-bond acceptors (Lipinski definition) is 17. The lowest BCUT2D eigenvalue weighted by atomic mass is 9.80. The number of halogens is 9. The van der Waals surface area contributed by atoms with E-state index >= 15 is 0 Å². The van der Waals surface area contributed by atoms with Gasteiger partial charge in [-0.25, -0.2) is 34.9 Å². The highest BCUT2D eigenvalue weighted by Crippen LogP contribution is 2.44. The first kappa shape index (κ1) is 91.4. The fourth-order valence-electron chi connectivity index (χ4n) is 16.0. The maximum absolute atomic E-state index is 13.1. The van der Waals surface area contributed by atoms with Gasteiger partial charge in [0.05, 0.1) is 25.4 Å². The Labute approximate surface area is 764 Å². The average Bonchev–Trinajstić information content (AvgIpc) is 1.60. The van der Waals surface area contributed by atoms with Gasteiger partial charge < -0.3 is 43.0 Å². The van der Waals surface area contributed by atoms with Crippen molar-refractivity contribution in [1.82, 2.24) is 48.6 Å². The van der Waals surface area contributed by atoms with Gasteiger partial charge in [-0.2, -0.15) is 0 Å². The van der Waals surface area contributed by atoms with E-state index in [1.165, 1.54) is 40.2 Å². The molecule has 15 heterocycles. The van der Waals surface area contributed by atoms with E-state index in [1.54, 1.807) is 77.4 Å². The van der Waals surface area contributed by atoms with Crippen molar-refractivity contribution in [1.29, 1.82) is 0 Å². The number of pyridine rings is 7. The molecule has 0 aromatic carbocycles. The van der Waals surface area contributed by atoms with Crippen molar-refractivity contribution in [2.24, 2.45) is 16.2 Å². The van der Waals surface area contributed by atoms with E-state index in [0.29, 0.717) is 69.9 Å². The molecule has 118 heavy (non-hydrogen) atoms. The number of nitrogens with zero attached hydrogens (tertiary/aromatic N) is 13. The van der Waals surface area contributed by atoms with Crippen LogP contribution in [0.3, 0.4) is 0 Å². The Hall–Kier alpha value is -5.82. The van der Waals surface area contributed by atoms with E-state index in [2.05, 4.69) is 259 Å². The number of aliphatic hydroxyl groups is 1. The van der Waals surface area contributed by atoms with E-state index < -0.39 is 7.12 Å². The predicted molar refractivity (Wildman–Crippen MR) is 489 cm³/mol. The molecule has 34 heteroatoms. The third kappa shape index (κ3) is 21.2. The predicted octanol–water partition coefficient (Wildman–Crippen LogP) is 17.1. The zero-order chi connectivity index (χ0) is 84.7. The number of carbonyl (C=O) groups excluding carboxylic acids is 4. The van der Waals surface area contributed by atoms with Crippen LogP contribution in [0.2, 0.25) is 0 Å². The summed E-state index contributed by atoms with van der Waals surface area (Å²) in [6.07, 6.45) is 23.6. The van der Waals surface area contributed by atoms with Gasteiger partial charge in [-0.3, -0.25) is 33.9 Å². The van der Waals surface area contributed by atoms with Crippen LogP contribution in [-0.4, -0.2) is 135 Å². The van der Waals surface area contributed by atoms with E-state index in [1.807, 2.05) is 36.1 Å². The fourth-order valence-corrected chi connectivity index (χ4v) is 21.0. The van der Waals surface area contributed by atoms with Crippen LogP contribution in [0.5, 0.6) is 0 Å². The standard InChI is InChI=1S/C19H23BN3O2.C19H22BrN3O.C18H20BN3O3.C11H13Br2NO2.C6H5Br2NO.C6H3Br2NO.C5H3Br2N/c1-4-13-14(20-25)5-6-21-17(13)23-8-7-22-15(18(23)24)9-12-10-19(2,3)11-16(12)22;1-4-13-14(20)5-6-21-17(13)23-8-7-22-15(18(23)24)9-12-10-19(2,3)11-16(12)22;1-18(2)8-11-7-14-17(23)22(6-5-21(14)15(11)9-18)16-12-10-25-19(24)13(12)3-4-20-16;12-9-4-5-14-11(13)8(9)7-16-10-3-1-2-6-15-10;2*7-5-1-2-9-6(8)4(5)3-10;6-4-1-2-8-5(7)3-4/h5-6,9,25H,4,7-8,10-11H2,1-3H3;5-6,9H,4,7-8,10-11H2,1-3H3;3-4,7,24H,5-6,8-10H2,1-2H3;4-5,10H,1-3,6-7H2;1-2,10H,3H2;1-3H;1-3H. The van der Waals surface area contributed by atoms with E-state index in [-0.39, 0.29) is 48.1 Å². The first-order valence-corrected chi connectivity index (χ1v) is 45.9. The highest BCUT2D eigenvalue weighted by atomic mass is 79.9. The number of hydrogen-bond donors (Lipinski definition) is 3. The Bertz CT molecular complexity index is 5190. The molecule has 23 nitrogen and oxygen atoms in total. The number of amides is 3.